The molecule has 5 heteroatoms. The third-order valence-corrected chi connectivity index (χ3v) is 3.04. The van der Waals surface area contributed by atoms with Crippen LogP contribution in [0.15, 0.2) is 24.4 Å². The highest BCUT2D eigenvalue weighted by Gasteiger charge is 2.08. The van der Waals surface area contributed by atoms with Gasteiger partial charge in [-0.05, 0) is 25.5 Å². The second-order valence-corrected chi connectivity index (χ2v) is 4.53. The van der Waals surface area contributed by atoms with Crippen LogP contribution in [0.1, 0.15) is 23.9 Å². The van der Waals surface area contributed by atoms with Crippen molar-refractivity contribution in [3.63, 3.8) is 0 Å². The van der Waals surface area contributed by atoms with Gasteiger partial charge in [-0.3, -0.25) is 4.98 Å². The van der Waals surface area contributed by atoms with E-state index >= 15 is 0 Å². The van der Waals surface area contributed by atoms with E-state index in [1.54, 1.807) is 6.07 Å². The summed E-state index contributed by atoms with van der Waals surface area (Å²) in [6.45, 7) is 3.81. The third-order valence-electron chi connectivity index (χ3n) is 2.70. The zero-order valence-electron chi connectivity index (χ0n) is 10.9. The van der Waals surface area contributed by atoms with Gasteiger partial charge in [0.1, 0.15) is 0 Å². The summed E-state index contributed by atoms with van der Waals surface area (Å²) in [5.74, 6) is 1.07. The van der Waals surface area contributed by atoms with Crippen LogP contribution in [0.5, 0.6) is 11.6 Å². The molecule has 0 aliphatic heterocycles. The Kier molecular flexibility index (Phi) is 4.35. The number of pyridine rings is 2. The van der Waals surface area contributed by atoms with Crippen LogP contribution >= 0.6 is 11.6 Å². The van der Waals surface area contributed by atoms with Crippen LogP contribution in [-0.4, -0.2) is 15.1 Å². The molecule has 0 radical (unpaired) electrons. The number of ether oxygens (including phenoxy) is 1. The Morgan fingerprint density at radius 3 is 2.84 bits per heavy atom. The lowest BCUT2D eigenvalue weighted by Crippen LogP contribution is -1.98. The van der Waals surface area contributed by atoms with Crippen molar-refractivity contribution in [1.82, 2.24) is 9.97 Å². The van der Waals surface area contributed by atoms with Crippen molar-refractivity contribution in [2.75, 3.05) is 0 Å². The van der Waals surface area contributed by atoms with Crippen molar-refractivity contribution in [3.05, 3.63) is 46.4 Å². The minimum absolute atomic E-state index is 0.148. The SMILES string of the molecule is CCc1nc(C)ccc1Oc1cc(CO)c(Cl)cn1. The van der Waals surface area contributed by atoms with Crippen molar-refractivity contribution >= 4 is 11.6 Å². The lowest BCUT2D eigenvalue weighted by atomic mass is 10.2. The molecule has 0 aliphatic rings. The molecule has 0 saturated heterocycles. The lowest BCUT2D eigenvalue weighted by Gasteiger charge is -2.10. The predicted molar refractivity (Wildman–Crippen MR) is 73.6 cm³/mol. The van der Waals surface area contributed by atoms with Crippen LogP contribution in [0.25, 0.3) is 0 Å². The van der Waals surface area contributed by atoms with Gasteiger partial charge in [-0.15, -0.1) is 0 Å². The molecule has 0 amide bonds. The monoisotopic (exact) mass is 278 g/mol. The molecular formula is C14H15ClN2O2. The Bertz CT molecular complexity index is 588. The molecular weight excluding hydrogens is 264 g/mol. The van der Waals surface area contributed by atoms with E-state index in [9.17, 15) is 0 Å². The average Bonchev–Trinajstić information content (AvgIpc) is 2.42. The van der Waals surface area contributed by atoms with E-state index in [0.717, 1.165) is 17.8 Å². The first-order chi connectivity index (χ1) is 9.13. The predicted octanol–water partition coefficient (Wildman–Crippen LogP) is 3.29. The second kappa shape index (κ2) is 5.99. The summed E-state index contributed by atoms with van der Waals surface area (Å²) in [4.78, 5) is 8.51. The van der Waals surface area contributed by atoms with Crippen molar-refractivity contribution in [2.45, 2.75) is 26.9 Å². The lowest BCUT2D eigenvalue weighted by molar-refractivity contribution is 0.281. The summed E-state index contributed by atoms with van der Waals surface area (Å²) in [6.07, 6.45) is 2.24. The molecule has 0 spiro atoms. The number of hydrogen-bond acceptors (Lipinski definition) is 4. The number of aromatic nitrogens is 2. The van der Waals surface area contributed by atoms with E-state index in [-0.39, 0.29) is 6.61 Å². The number of aliphatic hydroxyl groups is 1. The summed E-state index contributed by atoms with van der Waals surface area (Å²) in [7, 11) is 0. The van der Waals surface area contributed by atoms with E-state index in [1.165, 1.54) is 6.20 Å². The minimum atomic E-state index is -0.148. The molecule has 0 aliphatic carbocycles. The Labute approximate surface area is 117 Å². The molecule has 1 N–H and O–H groups in total. The van der Waals surface area contributed by atoms with E-state index < -0.39 is 0 Å². The van der Waals surface area contributed by atoms with Gasteiger partial charge in [-0.2, -0.15) is 0 Å². The highest BCUT2D eigenvalue weighted by Crippen LogP contribution is 2.26. The number of nitrogens with zero attached hydrogens (tertiary/aromatic N) is 2. The van der Waals surface area contributed by atoms with Gasteiger partial charge >= 0.3 is 0 Å². The first kappa shape index (κ1) is 13.8. The van der Waals surface area contributed by atoms with E-state index in [0.29, 0.717) is 22.2 Å². The molecule has 19 heavy (non-hydrogen) atoms. The van der Waals surface area contributed by atoms with Crippen LogP contribution in [0, 0.1) is 6.92 Å². The minimum Gasteiger partial charge on any atom is -0.437 e. The van der Waals surface area contributed by atoms with Gasteiger partial charge in [-0.25, -0.2) is 4.98 Å². The first-order valence-corrected chi connectivity index (χ1v) is 6.41. The van der Waals surface area contributed by atoms with E-state index in [4.69, 9.17) is 21.4 Å². The number of aliphatic hydroxyl groups excluding tert-OH is 1. The fraction of sp³-hybridized carbons (Fsp3) is 0.286. The van der Waals surface area contributed by atoms with Gasteiger partial charge in [0.15, 0.2) is 5.75 Å². The van der Waals surface area contributed by atoms with Crippen LogP contribution in [-0.2, 0) is 13.0 Å². The van der Waals surface area contributed by atoms with Gasteiger partial charge in [0.2, 0.25) is 5.88 Å². The second-order valence-electron chi connectivity index (χ2n) is 4.13. The number of halogens is 1. The van der Waals surface area contributed by atoms with Gasteiger partial charge in [0.05, 0.1) is 17.3 Å². The average molecular weight is 279 g/mol. The van der Waals surface area contributed by atoms with Crippen LogP contribution in [0.4, 0.5) is 0 Å². The number of rotatable bonds is 4. The highest BCUT2D eigenvalue weighted by atomic mass is 35.5. The molecule has 0 bridgehead atoms. The molecule has 0 unspecified atom stereocenters. The smallest absolute Gasteiger partial charge is 0.219 e. The van der Waals surface area contributed by atoms with Crippen LogP contribution in [0.2, 0.25) is 5.02 Å². The summed E-state index contributed by atoms with van der Waals surface area (Å²) >= 11 is 5.89. The normalized spacial score (nSPS) is 10.5. The van der Waals surface area contributed by atoms with Crippen LogP contribution in [0.3, 0.4) is 0 Å². The molecule has 0 fully saturated rings. The molecule has 0 aromatic carbocycles. The number of hydrogen-bond donors (Lipinski definition) is 1. The molecule has 0 atom stereocenters. The molecule has 0 saturated carbocycles. The first-order valence-electron chi connectivity index (χ1n) is 6.03. The molecule has 4 nitrogen and oxygen atoms in total. The summed E-state index contributed by atoms with van der Waals surface area (Å²) in [5.41, 5.74) is 2.41. The van der Waals surface area contributed by atoms with Crippen molar-refractivity contribution in [2.24, 2.45) is 0 Å². The van der Waals surface area contributed by atoms with Gasteiger partial charge < -0.3 is 9.84 Å². The van der Waals surface area contributed by atoms with Gasteiger partial charge in [0, 0.05) is 23.5 Å². The number of aryl methyl sites for hydroxylation is 2. The maximum absolute atomic E-state index is 9.17. The fourth-order valence-electron chi connectivity index (χ4n) is 1.69. The summed E-state index contributed by atoms with van der Waals surface area (Å²) in [6, 6.07) is 5.38. The third kappa shape index (κ3) is 3.22. The van der Waals surface area contributed by atoms with Gasteiger partial charge in [-0.1, -0.05) is 18.5 Å². The summed E-state index contributed by atoms with van der Waals surface area (Å²) < 4.78 is 5.71. The molecule has 2 aromatic rings. The van der Waals surface area contributed by atoms with Crippen LogP contribution < -0.4 is 4.74 Å². The van der Waals surface area contributed by atoms with Crippen molar-refractivity contribution in [3.8, 4) is 11.6 Å². The topological polar surface area (TPSA) is 55.2 Å². The maximum Gasteiger partial charge on any atom is 0.219 e. The Morgan fingerprint density at radius 2 is 2.16 bits per heavy atom. The van der Waals surface area contributed by atoms with E-state index in [2.05, 4.69) is 9.97 Å². The molecule has 2 aromatic heterocycles. The molecule has 2 rings (SSSR count). The quantitative estimate of drug-likeness (QED) is 0.932. The Morgan fingerprint density at radius 1 is 1.37 bits per heavy atom. The standard InChI is InChI=1S/C14H15ClN2O2/c1-3-12-13(5-4-9(2)17-12)19-14-6-10(8-18)11(15)7-16-14/h4-7,18H,3,8H2,1-2H3. The van der Waals surface area contributed by atoms with Crippen molar-refractivity contribution in [1.29, 1.82) is 0 Å². The maximum atomic E-state index is 9.17. The van der Waals surface area contributed by atoms with Crippen molar-refractivity contribution < 1.29 is 9.84 Å². The van der Waals surface area contributed by atoms with E-state index in [1.807, 2.05) is 26.0 Å². The fourth-order valence-corrected chi connectivity index (χ4v) is 1.86. The molecule has 2 heterocycles. The Balaban J connectivity index is 2.30. The Hall–Kier alpha value is -1.65. The highest BCUT2D eigenvalue weighted by molar-refractivity contribution is 6.31. The van der Waals surface area contributed by atoms with Gasteiger partial charge in [0.25, 0.3) is 0 Å². The zero-order chi connectivity index (χ0) is 13.8. The zero-order valence-corrected chi connectivity index (χ0v) is 11.6. The summed E-state index contributed by atoms with van der Waals surface area (Å²) in [5, 5.41) is 9.59. The largest absolute Gasteiger partial charge is 0.437 e. The molecule has 100 valence electrons.